The normalized spacial score (nSPS) is 15.2. The fraction of sp³-hybridized carbons (Fsp3) is 0.222. The van der Waals surface area contributed by atoms with Crippen molar-refractivity contribution >= 4 is 16.9 Å². The number of nitrogens with one attached hydrogen (secondary N) is 2. The molecule has 1 amide bonds. The van der Waals surface area contributed by atoms with Crippen LogP contribution in [0.25, 0.3) is 11.0 Å². The molecular formula is C27H22F2N8O. The van der Waals surface area contributed by atoms with E-state index in [2.05, 4.69) is 42.2 Å². The highest BCUT2D eigenvalue weighted by molar-refractivity contribution is 5.93. The third kappa shape index (κ3) is 4.30. The fourth-order valence-electron chi connectivity index (χ4n) is 4.71. The molecule has 0 unspecified atom stereocenters. The molecule has 6 heterocycles. The maximum atomic E-state index is 15.6. The van der Waals surface area contributed by atoms with Crippen molar-refractivity contribution in [3.05, 3.63) is 94.6 Å². The summed E-state index contributed by atoms with van der Waals surface area (Å²) in [6.45, 7) is 1.92. The summed E-state index contributed by atoms with van der Waals surface area (Å²) in [4.78, 5) is 29.5. The largest absolute Gasteiger partial charge is 0.339 e. The summed E-state index contributed by atoms with van der Waals surface area (Å²) in [6, 6.07) is 5.54. The van der Waals surface area contributed by atoms with E-state index in [0.29, 0.717) is 28.3 Å². The molecule has 0 saturated carbocycles. The van der Waals surface area contributed by atoms with Crippen molar-refractivity contribution < 1.29 is 13.6 Å². The molecule has 2 N–H and O–H groups in total. The van der Waals surface area contributed by atoms with Crippen molar-refractivity contribution in [1.29, 1.82) is 0 Å². The first-order valence-corrected chi connectivity index (χ1v) is 12.0. The molecule has 6 rings (SSSR count). The van der Waals surface area contributed by atoms with E-state index in [1.165, 1.54) is 6.33 Å². The van der Waals surface area contributed by atoms with Crippen LogP contribution in [0.5, 0.6) is 0 Å². The third-order valence-electron chi connectivity index (χ3n) is 6.40. The first-order valence-electron chi connectivity index (χ1n) is 12.0. The first-order chi connectivity index (χ1) is 18.4. The Bertz CT molecular complexity index is 1760. The van der Waals surface area contributed by atoms with Gasteiger partial charge in [0.05, 0.1) is 41.4 Å². The number of carbonyl (C=O) groups is 1. The number of rotatable bonds is 4. The van der Waals surface area contributed by atoms with Crippen molar-refractivity contribution in [1.82, 2.24) is 39.6 Å². The number of aromatic nitrogens is 7. The van der Waals surface area contributed by atoms with Crippen LogP contribution in [0.15, 0.2) is 49.2 Å². The number of carbonyl (C=O) groups excluding carboxylic acids is 1. The zero-order valence-corrected chi connectivity index (χ0v) is 20.5. The molecule has 38 heavy (non-hydrogen) atoms. The first kappa shape index (κ1) is 23.5. The topological polar surface area (TPSA) is 106 Å². The van der Waals surface area contributed by atoms with E-state index < -0.39 is 23.9 Å². The van der Waals surface area contributed by atoms with Gasteiger partial charge in [-0.15, -0.1) is 0 Å². The van der Waals surface area contributed by atoms with Gasteiger partial charge >= 0.3 is 0 Å². The van der Waals surface area contributed by atoms with Crippen molar-refractivity contribution in [3.63, 3.8) is 0 Å². The van der Waals surface area contributed by atoms with Crippen LogP contribution in [-0.2, 0) is 20.0 Å². The lowest BCUT2D eigenvalue weighted by Gasteiger charge is -2.18. The summed E-state index contributed by atoms with van der Waals surface area (Å²) in [5.74, 6) is 4.94. The molecule has 0 aromatic carbocycles. The summed E-state index contributed by atoms with van der Waals surface area (Å²) >= 11 is 0. The van der Waals surface area contributed by atoms with E-state index in [4.69, 9.17) is 0 Å². The highest BCUT2D eigenvalue weighted by Gasteiger charge is 2.33. The zero-order valence-electron chi connectivity index (χ0n) is 20.5. The van der Waals surface area contributed by atoms with Gasteiger partial charge in [-0.2, -0.15) is 5.10 Å². The molecule has 0 fully saturated rings. The molecule has 5 aromatic heterocycles. The molecule has 0 saturated heterocycles. The molecule has 1 aliphatic heterocycles. The van der Waals surface area contributed by atoms with Crippen LogP contribution < -0.4 is 5.32 Å². The number of hydrogen-bond acceptors (Lipinski definition) is 5. The molecule has 0 bridgehead atoms. The zero-order chi connectivity index (χ0) is 26.4. The van der Waals surface area contributed by atoms with E-state index in [0.717, 1.165) is 5.56 Å². The van der Waals surface area contributed by atoms with E-state index in [-0.39, 0.29) is 29.7 Å². The molecule has 2 atom stereocenters. The number of alkyl halides is 1. The van der Waals surface area contributed by atoms with Crippen molar-refractivity contribution in [2.24, 2.45) is 7.05 Å². The quantitative estimate of drug-likeness (QED) is 0.360. The molecule has 5 aromatic rings. The minimum atomic E-state index is -1.07. The second-order valence-corrected chi connectivity index (χ2v) is 9.22. The fourth-order valence-corrected chi connectivity index (χ4v) is 4.71. The van der Waals surface area contributed by atoms with Gasteiger partial charge in [0.25, 0.3) is 5.91 Å². The Morgan fingerprint density at radius 2 is 2.11 bits per heavy atom. The number of imidazole rings is 1. The molecule has 0 radical (unpaired) electrons. The minimum absolute atomic E-state index is 0.0834. The van der Waals surface area contributed by atoms with Crippen LogP contribution >= 0.6 is 0 Å². The van der Waals surface area contributed by atoms with E-state index >= 15 is 4.39 Å². The highest BCUT2D eigenvalue weighted by Crippen LogP contribution is 2.32. The number of amides is 1. The number of hydrogen-bond donors (Lipinski definition) is 2. The summed E-state index contributed by atoms with van der Waals surface area (Å²) in [7, 11) is 1.80. The second kappa shape index (κ2) is 9.23. The highest BCUT2D eigenvalue weighted by atomic mass is 19.1. The molecule has 190 valence electrons. The van der Waals surface area contributed by atoms with Gasteiger partial charge in [0.15, 0.2) is 5.82 Å². The number of pyridine rings is 2. The number of aryl methyl sites for hydroxylation is 2. The Morgan fingerprint density at radius 3 is 2.89 bits per heavy atom. The average molecular weight is 513 g/mol. The van der Waals surface area contributed by atoms with Crippen LogP contribution in [0.2, 0.25) is 0 Å². The molecule has 0 spiro atoms. The van der Waals surface area contributed by atoms with Gasteiger partial charge in [-0.05, 0) is 31.2 Å². The van der Waals surface area contributed by atoms with Crippen LogP contribution in [-0.4, -0.2) is 46.4 Å². The van der Waals surface area contributed by atoms with E-state index in [9.17, 15) is 9.18 Å². The van der Waals surface area contributed by atoms with Crippen molar-refractivity contribution in [2.75, 3.05) is 0 Å². The monoisotopic (exact) mass is 512 g/mol. The van der Waals surface area contributed by atoms with Gasteiger partial charge in [-0.25, -0.2) is 23.7 Å². The van der Waals surface area contributed by atoms with Gasteiger partial charge in [0, 0.05) is 42.8 Å². The van der Waals surface area contributed by atoms with Gasteiger partial charge in [-0.3, -0.25) is 9.48 Å². The van der Waals surface area contributed by atoms with Gasteiger partial charge in [0.1, 0.15) is 23.6 Å². The number of H-pyrrole nitrogens is 1. The number of nitrogens with zero attached hydrogens (tertiary/aromatic N) is 6. The maximum Gasteiger partial charge on any atom is 0.270 e. The second-order valence-electron chi connectivity index (χ2n) is 9.22. The van der Waals surface area contributed by atoms with Gasteiger partial charge in [0.2, 0.25) is 0 Å². The van der Waals surface area contributed by atoms with Crippen LogP contribution in [0.1, 0.15) is 50.4 Å². The smallest absolute Gasteiger partial charge is 0.270 e. The lowest BCUT2D eigenvalue weighted by molar-refractivity contribution is 0.0936. The number of fused-ring (bicyclic) bond motifs is 2. The molecule has 1 aliphatic rings. The SMILES string of the molecule is Cc1cc(C#Cc2cnn(C)c2)cc(C(=O)N[C@@H](c2ncn3c2C[C@@H](F)C3)c2[nH]c3ncccc3c2F)n1. The predicted molar refractivity (Wildman–Crippen MR) is 134 cm³/mol. The Morgan fingerprint density at radius 1 is 1.26 bits per heavy atom. The number of aromatic amines is 1. The van der Waals surface area contributed by atoms with Gasteiger partial charge < -0.3 is 14.9 Å². The number of halogens is 2. The lowest BCUT2D eigenvalue weighted by atomic mass is 10.1. The Balaban J connectivity index is 1.38. The van der Waals surface area contributed by atoms with Crippen LogP contribution in [0, 0.1) is 24.6 Å². The lowest BCUT2D eigenvalue weighted by Crippen LogP contribution is -2.32. The predicted octanol–water partition coefficient (Wildman–Crippen LogP) is 3.15. The van der Waals surface area contributed by atoms with Crippen molar-refractivity contribution in [3.8, 4) is 11.8 Å². The summed E-state index contributed by atoms with van der Waals surface area (Å²) in [6.07, 6.45) is 5.54. The van der Waals surface area contributed by atoms with Gasteiger partial charge in [-0.1, -0.05) is 11.8 Å². The van der Waals surface area contributed by atoms with Crippen LogP contribution in [0.4, 0.5) is 8.78 Å². The average Bonchev–Trinajstić information content (AvgIpc) is 3.65. The Labute approximate surface area is 215 Å². The molecule has 11 heteroatoms. The Kier molecular flexibility index (Phi) is 5.72. The standard InChI is InChI=1S/C27H22F2N8O/c1-15-8-16(5-6-17-11-32-36(2)12-17)9-20(33-15)27(38)35-25(23-21-10-18(28)13-37(21)14-31-23)24-22(29)19-4-3-7-30-26(19)34-24/h3-4,7-9,11-12,14,18,25H,10,13H2,1-2H3,(H,30,34)(H,35,38)/t18-,25+/m1/s1. The molecule has 0 aliphatic carbocycles. The van der Waals surface area contributed by atoms with Crippen LogP contribution in [0.3, 0.4) is 0 Å². The summed E-state index contributed by atoms with van der Waals surface area (Å²) in [5, 5.41) is 7.25. The molecular weight excluding hydrogens is 490 g/mol. The Hall–Kier alpha value is -4.85. The van der Waals surface area contributed by atoms with E-state index in [1.54, 1.807) is 66.1 Å². The third-order valence-corrected chi connectivity index (χ3v) is 6.40. The van der Waals surface area contributed by atoms with E-state index in [1.807, 2.05) is 0 Å². The summed E-state index contributed by atoms with van der Waals surface area (Å²) in [5.41, 5.74) is 3.42. The minimum Gasteiger partial charge on any atom is -0.339 e. The maximum absolute atomic E-state index is 15.6. The van der Waals surface area contributed by atoms with Crippen molar-refractivity contribution in [2.45, 2.75) is 32.1 Å². The molecule has 9 nitrogen and oxygen atoms in total. The summed E-state index contributed by atoms with van der Waals surface area (Å²) < 4.78 is 33.1.